The lowest BCUT2D eigenvalue weighted by Gasteiger charge is -2.19. The van der Waals surface area contributed by atoms with Crippen LogP contribution in [0.2, 0.25) is 0 Å². The van der Waals surface area contributed by atoms with E-state index in [4.69, 9.17) is 0 Å². The van der Waals surface area contributed by atoms with E-state index in [1.807, 2.05) is 0 Å². The summed E-state index contributed by atoms with van der Waals surface area (Å²) in [5, 5.41) is 3.48. The van der Waals surface area contributed by atoms with Crippen molar-refractivity contribution >= 4 is 5.91 Å². The van der Waals surface area contributed by atoms with E-state index in [1.54, 1.807) is 0 Å². The van der Waals surface area contributed by atoms with Gasteiger partial charge in [0.1, 0.15) is 0 Å². The number of carbonyl (C=O) groups excluding carboxylic acids is 1. The number of hydrogen-bond donors (Lipinski definition) is 1. The SMILES string of the molecule is CCC(C)CC(=O)N1C[C@@H]2CCN[C@@H]2C1. The number of fused-ring (bicyclic) bond motifs is 1. The molecule has 3 heteroatoms. The first-order valence-electron chi connectivity index (χ1n) is 6.22. The highest BCUT2D eigenvalue weighted by atomic mass is 16.2. The molecule has 2 aliphatic rings. The van der Waals surface area contributed by atoms with E-state index in [1.165, 1.54) is 6.42 Å². The highest BCUT2D eigenvalue weighted by molar-refractivity contribution is 5.76. The Morgan fingerprint density at radius 1 is 1.53 bits per heavy atom. The number of likely N-dealkylation sites (tertiary alicyclic amines) is 1. The summed E-state index contributed by atoms with van der Waals surface area (Å²) in [7, 11) is 0. The van der Waals surface area contributed by atoms with E-state index in [0.717, 1.165) is 38.4 Å². The van der Waals surface area contributed by atoms with Gasteiger partial charge in [-0.05, 0) is 24.8 Å². The van der Waals surface area contributed by atoms with Crippen LogP contribution in [-0.2, 0) is 4.79 Å². The molecule has 3 nitrogen and oxygen atoms in total. The first-order valence-corrected chi connectivity index (χ1v) is 6.22. The van der Waals surface area contributed by atoms with Crippen LogP contribution in [0.15, 0.2) is 0 Å². The number of rotatable bonds is 3. The van der Waals surface area contributed by atoms with Gasteiger partial charge in [-0.15, -0.1) is 0 Å². The Morgan fingerprint density at radius 3 is 3.00 bits per heavy atom. The Bertz CT molecular complexity index is 230. The number of amides is 1. The van der Waals surface area contributed by atoms with Gasteiger partial charge in [-0.3, -0.25) is 4.79 Å². The van der Waals surface area contributed by atoms with Gasteiger partial charge in [-0.25, -0.2) is 0 Å². The fourth-order valence-electron chi connectivity index (χ4n) is 2.62. The van der Waals surface area contributed by atoms with Crippen LogP contribution in [0, 0.1) is 11.8 Å². The number of hydrogen-bond acceptors (Lipinski definition) is 2. The Labute approximate surface area is 92.2 Å². The number of carbonyl (C=O) groups is 1. The molecular weight excluding hydrogens is 188 g/mol. The molecule has 0 aromatic rings. The molecule has 15 heavy (non-hydrogen) atoms. The van der Waals surface area contributed by atoms with Gasteiger partial charge in [0.25, 0.3) is 0 Å². The second kappa shape index (κ2) is 4.52. The monoisotopic (exact) mass is 210 g/mol. The summed E-state index contributed by atoms with van der Waals surface area (Å²) < 4.78 is 0. The van der Waals surface area contributed by atoms with Crippen molar-refractivity contribution in [1.29, 1.82) is 0 Å². The molecule has 86 valence electrons. The van der Waals surface area contributed by atoms with E-state index in [2.05, 4.69) is 24.1 Å². The predicted octanol–water partition coefficient (Wildman–Crippen LogP) is 1.24. The smallest absolute Gasteiger partial charge is 0.222 e. The standard InChI is InChI=1S/C12H22N2O/c1-3-9(2)6-12(15)14-7-10-4-5-13-11(10)8-14/h9-11,13H,3-8H2,1-2H3/t9?,10-,11+/m0/s1. The van der Waals surface area contributed by atoms with Crippen LogP contribution in [0.1, 0.15) is 33.1 Å². The summed E-state index contributed by atoms with van der Waals surface area (Å²) in [4.78, 5) is 14.0. The van der Waals surface area contributed by atoms with E-state index < -0.39 is 0 Å². The minimum absolute atomic E-state index is 0.362. The van der Waals surface area contributed by atoms with Crippen molar-refractivity contribution in [2.45, 2.75) is 39.2 Å². The molecule has 2 saturated heterocycles. The first kappa shape index (κ1) is 10.9. The zero-order valence-electron chi connectivity index (χ0n) is 9.83. The summed E-state index contributed by atoms with van der Waals surface area (Å²) in [6.45, 7) is 7.39. The molecule has 0 radical (unpaired) electrons. The van der Waals surface area contributed by atoms with Crippen molar-refractivity contribution in [3.63, 3.8) is 0 Å². The maximum Gasteiger partial charge on any atom is 0.222 e. The van der Waals surface area contributed by atoms with E-state index in [9.17, 15) is 4.79 Å². The lowest BCUT2D eigenvalue weighted by molar-refractivity contribution is -0.131. The summed E-state index contributed by atoms with van der Waals surface area (Å²) in [5.74, 6) is 1.62. The zero-order chi connectivity index (χ0) is 10.8. The van der Waals surface area contributed by atoms with Crippen molar-refractivity contribution in [1.82, 2.24) is 10.2 Å². The maximum atomic E-state index is 11.9. The molecule has 2 fully saturated rings. The fourth-order valence-corrected chi connectivity index (χ4v) is 2.62. The quantitative estimate of drug-likeness (QED) is 0.760. The molecule has 1 amide bonds. The average Bonchev–Trinajstić information content (AvgIpc) is 2.76. The third-order valence-corrected chi connectivity index (χ3v) is 3.94. The molecule has 0 spiro atoms. The molecule has 0 saturated carbocycles. The van der Waals surface area contributed by atoms with Crippen molar-refractivity contribution in [3.05, 3.63) is 0 Å². The molecule has 1 N–H and O–H groups in total. The summed E-state index contributed by atoms with van der Waals surface area (Å²) in [5.41, 5.74) is 0. The Kier molecular flexibility index (Phi) is 3.29. The van der Waals surface area contributed by atoms with Crippen molar-refractivity contribution in [2.75, 3.05) is 19.6 Å². The largest absolute Gasteiger partial charge is 0.341 e. The second-order valence-electron chi connectivity index (χ2n) is 5.13. The van der Waals surface area contributed by atoms with Gasteiger partial charge >= 0.3 is 0 Å². The molecule has 0 aromatic carbocycles. The third-order valence-electron chi connectivity index (χ3n) is 3.94. The van der Waals surface area contributed by atoms with Gasteiger partial charge in [0.05, 0.1) is 0 Å². The average molecular weight is 210 g/mol. The molecule has 1 unspecified atom stereocenters. The normalized spacial score (nSPS) is 31.7. The molecule has 2 aliphatic heterocycles. The number of nitrogens with zero attached hydrogens (tertiary/aromatic N) is 1. The summed E-state index contributed by atoms with van der Waals surface area (Å²) in [6.07, 6.45) is 3.08. The molecule has 0 aromatic heterocycles. The Morgan fingerprint density at radius 2 is 2.33 bits per heavy atom. The van der Waals surface area contributed by atoms with E-state index in [0.29, 0.717) is 17.9 Å². The van der Waals surface area contributed by atoms with Gasteiger partial charge < -0.3 is 10.2 Å². The van der Waals surface area contributed by atoms with E-state index in [-0.39, 0.29) is 0 Å². The third kappa shape index (κ3) is 2.33. The minimum Gasteiger partial charge on any atom is -0.341 e. The number of nitrogens with one attached hydrogen (secondary N) is 1. The lowest BCUT2D eigenvalue weighted by Crippen LogP contribution is -2.34. The highest BCUT2D eigenvalue weighted by Gasteiger charge is 2.37. The van der Waals surface area contributed by atoms with Crippen LogP contribution < -0.4 is 5.32 Å². The zero-order valence-corrected chi connectivity index (χ0v) is 9.83. The molecular formula is C12H22N2O. The van der Waals surface area contributed by atoms with Crippen LogP contribution >= 0.6 is 0 Å². The van der Waals surface area contributed by atoms with Crippen LogP contribution in [0.3, 0.4) is 0 Å². The van der Waals surface area contributed by atoms with Crippen LogP contribution in [-0.4, -0.2) is 36.5 Å². The Hall–Kier alpha value is -0.570. The predicted molar refractivity (Wildman–Crippen MR) is 60.5 cm³/mol. The van der Waals surface area contributed by atoms with Crippen molar-refractivity contribution in [3.8, 4) is 0 Å². The maximum absolute atomic E-state index is 11.9. The first-order chi connectivity index (χ1) is 7.20. The lowest BCUT2D eigenvalue weighted by atomic mass is 10.0. The van der Waals surface area contributed by atoms with Crippen LogP contribution in [0.4, 0.5) is 0 Å². The van der Waals surface area contributed by atoms with Gasteiger partial charge in [-0.2, -0.15) is 0 Å². The summed E-state index contributed by atoms with van der Waals surface area (Å²) >= 11 is 0. The van der Waals surface area contributed by atoms with Crippen molar-refractivity contribution < 1.29 is 4.79 Å². The van der Waals surface area contributed by atoms with Gasteiger partial charge in [0.2, 0.25) is 5.91 Å². The van der Waals surface area contributed by atoms with Gasteiger partial charge in [0, 0.05) is 25.6 Å². The van der Waals surface area contributed by atoms with Crippen molar-refractivity contribution in [2.24, 2.45) is 11.8 Å². The Balaban J connectivity index is 1.83. The topological polar surface area (TPSA) is 32.3 Å². The molecule has 0 aliphatic carbocycles. The highest BCUT2D eigenvalue weighted by Crippen LogP contribution is 2.25. The van der Waals surface area contributed by atoms with Gasteiger partial charge in [0.15, 0.2) is 0 Å². The molecule has 0 bridgehead atoms. The summed E-state index contributed by atoms with van der Waals surface area (Å²) in [6, 6.07) is 0.589. The van der Waals surface area contributed by atoms with Crippen LogP contribution in [0.5, 0.6) is 0 Å². The molecule has 2 rings (SSSR count). The van der Waals surface area contributed by atoms with E-state index >= 15 is 0 Å². The molecule has 3 atom stereocenters. The fraction of sp³-hybridized carbons (Fsp3) is 0.917. The van der Waals surface area contributed by atoms with Crippen LogP contribution in [0.25, 0.3) is 0 Å². The second-order valence-corrected chi connectivity index (χ2v) is 5.13. The molecule has 2 heterocycles. The van der Waals surface area contributed by atoms with Gasteiger partial charge in [-0.1, -0.05) is 20.3 Å². The minimum atomic E-state index is 0.362.